The molecule has 0 aliphatic carbocycles. The van der Waals surface area contributed by atoms with Crippen molar-refractivity contribution < 1.29 is 9.31 Å². The van der Waals surface area contributed by atoms with E-state index in [1.807, 2.05) is 12.1 Å². The number of fused-ring (bicyclic) bond motifs is 1. The maximum absolute atomic E-state index is 6.12. The second-order valence-electron chi connectivity index (χ2n) is 6.91. The van der Waals surface area contributed by atoms with Crippen molar-refractivity contribution in [3.8, 4) is 10.8 Å². The molecule has 0 N–H and O–H groups in total. The minimum Gasteiger partial charge on any atom is -0.399 e. The average Bonchev–Trinajstić information content (AvgIpc) is 3.06. The topological polar surface area (TPSA) is 57.1 Å². The first-order valence-electron chi connectivity index (χ1n) is 7.89. The highest BCUT2D eigenvalue weighted by Crippen LogP contribution is 2.37. The van der Waals surface area contributed by atoms with E-state index in [0.717, 1.165) is 20.7 Å². The Kier molecular flexibility index (Phi) is 3.49. The zero-order valence-corrected chi connectivity index (χ0v) is 14.9. The highest BCUT2D eigenvalue weighted by molar-refractivity contribution is 7.21. The lowest BCUT2D eigenvalue weighted by Gasteiger charge is -2.32. The zero-order valence-electron chi connectivity index (χ0n) is 14.1. The van der Waals surface area contributed by atoms with Crippen LogP contribution in [-0.4, -0.2) is 33.3 Å². The molecule has 1 fully saturated rings. The van der Waals surface area contributed by atoms with Gasteiger partial charge < -0.3 is 9.31 Å². The third kappa shape index (κ3) is 2.53. The van der Waals surface area contributed by atoms with Gasteiger partial charge in [-0.3, -0.25) is 0 Å². The summed E-state index contributed by atoms with van der Waals surface area (Å²) in [5.41, 5.74) is 1.19. The molecule has 0 bridgehead atoms. The third-order valence-electron chi connectivity index (χ3n) is 4.69. The molecule has 1 aliphatic rings. The molecule has 0 saturated carbocycles. The normalized spacial score (nSPS) is 19.1. The summed E-state index contributed by atoms with van der Waals surface area (Å²) in [6.07, 6.45) is 3.45. The minimum absolute atomic E-state index is 0.349. The van der Waals surface area contributed by atoms with Crippen LogP contribution in [0.1, 0.15) is 27.7 Å². The van der Waals surface area contributed by atoms with Gasteiger partial charge in [0.15, 0.2) is 10.8 Å². The third-order valence-corrected chi connectivity index (χ3v) is 5.73. The van der Waals surface area contributed by atoms with Crippen LogP contribution in [0.4, 0.5) is 0 Å². The average molecular weight is 339 g/mol. The monoisotopic (exact) mass is 339 g/mol. The maximum Gasteiger partial charge on any atom is 0.494 e. The number of benzene rings is 1. The summed E-state index contributed by atoms with van der Waals surface area (Å²) in [5, 5.41) is 0.816. The van der Waals surface area contributed by atoms with Crippen LogP contribution < -0.4 is 5.46 Å². The molecule has 1 aromatic carbocycles. The molecule has 1 saturated heterocycles. The summed E-state index contributed by atoms with van der Waals surface area (Å²) in [6, 6.07) is 7.92. The van der Waals surface area contributed by atoms with Crippen molar-refractivity contribution >= 4 is 34.1 Å². The number of hydrogen-bond acceptors (Lipinski definition) is 6. The van der Waals surface area contributed by atoms with Crippen molar-refractivity contribution in [2.24, 2.45) is 0 Å². The molecule has 3 heterocycles. The van der Waals surface area contributed by atoms with Gasteiger partial charge in [0.25, 0.3) is 0 Å². The van der Waals surface area contributed by atoms with Gasteiger partial charge in [0.1, 0.15) is 0 Å². The molecular weight excluding hydrogens is 321 g/mol. The molecular formula is C17H18BN3O2S. The second kappa shape index (κ2) is 5.34. The zero-order chi connectivity index (χ0) is 16.9. The summed E-state index contributed by atoms with van der Waals surface area (Å²) in [5.74, 6) is 0.649. The van der Waals surface area contributed by atoms with E-state index >= 15 is 0 Å². The number of nitrogens with zero attached hydrogens (tertiary/aromatic N) is 3. The van der Waals surface area contributed by atoms with E-state index in [9.17, 15) is 0 Å². The smallest absolute Gasteiger partial charge is 0.399 e. The number of rotatable bonds is 2. The minimum atomic E-state index is -0.377. The Bertz CT molecular complexity index is 879. The Morgan fingerprint density at radius 3 is 2.33 bits per heavy atom. The Balaban J connectivity index is 1.70. The van der Waals surface area contributed by atoms with Crippen molar-refractivity contribution in [3.05, 3.63) is 36.7 Å². The molecule has 3 aromatic rings. The van der Waals surface area contributed by atoms with Crippen LogP contribution in [0.2, 0.25) is 0 Å². The van der Waals surface area contributed by atoms with Crippen LogP contribution in [0.25, 0.3) is 21.0 Å². The fraction of sp³-hybridized carbons (Fsp3) is 0.353. The number of thiazole rings is 1. The molecule has 0 unspecified atom stereocenters. The van der Waals surface area contributed by atoms with Crippen LogP contribution >= 0.6 is 11.3 Å². The van der Waals surface area contributed by atoms with Gasteiger partial charge in [-0.15, -0.1) is 11.3 Å². The Morgan fingerprint density at radius 1 is 1.00 bits per heavy atom. The first-order valence-corrected chi connectivity index (χ1v) is 8.71. The van der Waals surface area contributed by atoms with E-state index in [4.69, 9.17) is 9.31 Å². The van der Waals surface area contributed by atoms with Gasteiger partial charge in [0, 0.05) is 12.4 Å². The lowest BCUT2D eigenvalue weighted by atomic mass is 9.79. The molecule has 1 aliphatic heterocycles. The van der Waals surface area contributed by atoms with Gasteiger partial charge in [0.05, 0.1) is 21.4 Å². The fourth-order valence-electron chi connectivity index (χ4n) is 2.58. The molecule has 122 valence electrons. The molecule has 5 nitrogen and oxygen atoms in total. The van der Waals surface area contributed by atoms with Crippen molar-refractivity contribution in [1.82, 2.24) is 15.0 Å². The molecule has 0 amide bonds. The number of aromatic nitrogens is 3. The summed E-state index contributed by atoms with van der Waals surface area (Å²) >= 11 is 1.58. The van der Waals surface area contributed by atoms with E-state index in [1.54, 1.807) is 29.8 Å². The highest BCUT2D eigenvalue weighted by Gasteiger charge is 2.51. The molecule has 7 heteroatoms. The standard InChI is InChI=1S/C17H18BN3O2S/c1-16(2)17(3,4)23-18(22-16)11-6-7-13-12(10-11)21-15(24-13)14-19-8-5-9-20-14/h5-10H,1-4H3. The largest absolute Gasteiger partial charge is 0.494 e. The Hall–Kier alpha value is -1.83. The fourth-order valence-corrected chi connectivity index (χ4v) is 3.47. The van der Waals surface area contributed by atoms with Crippen molar-refractivity contribution in [1.29, 1.82) is 0 Å². The van der Waals surface area contributed by atoms with Crippen LogP contribution in [0, 0.1) is 0 Å². The van der Waals surface area contributed by atoms with Gasteiger partial charge in [-0.1, -0.05) is 6.07 Å². The van der Waals surface area contributed by atoms with Gasteiger partial charge >= 0.3 is 7.12 Å². The molecule has 0 atom stereocenters. The predicted molar refractivity (Wildman–Crippen MR) is 96.4 cm³/mol. The lowest BCUT2D eigenvalue weighted by Crippen LogP contribution is -2.41. The van der Waals surface area contributed by atoms with Crippen LogP contribution in [0.15, 0.2) is 36.7 Å². The van der Waals surface area contributed by atoms with Crippen molar-refractivity contribution in [2.75, 3.05) is 0 Å². The van der Waals surface area contributed by atoms with Gasteiger partial charge in [-0.05, 0) is 51.4 Å². The quantitative estimate of drug-likeness (QED) is 0.672. The van der Waals surface area contributed by atoms with E-state index in [2.05, 4.69) is 48.7 Å². The van der Waals surface area contributed by atoms with Gasteiger partial charge in [-0.2, -0.15) is 0 Å². The molecule has 0 spiro atoms. The van der Waals surface area contributed by atoms with Crippen LogP contribution in [0.5, 0.6) is 0 Å². The maximum atomic E-state index is 6.12. The van der Waals surface area contributed by atoms with E-state index < -0.39 is 0 Å². The van der Waals surface area contributed by atoms with E-state index in [0.29, 0.717) is 5.82 Å². The highest BCUT2D eigenvalue weighted by atomic mass is 32.1. The molecule has 2 aromatic heterocycles. The molecule has 0 radical (unpaired) electrons. The Morgan fingerprint density at radius 2 is 1.67 bits per heavy atom. The van der Waals surface area contributed by atoms with E-state index in [1.165, 1.54) is 0 Å². The van der Waals surface area contributed by atoms with Gasteiger partial charge in [0.2, 0.25) is 0 Å². The van der Waals surface area contributed by atoms with Gasteiger partial charge in [-0.25, -0.2) is 15.0 Å². The second-order valence-corrected chi connectivity index (χ2v) is 7.94. The number of hydrogen-bond donors (Lipinski definition) is 0. The summed E-state index contributed by atoms with van der Waals surface area (Å²) in [4.78, 5) is 13.2. The Labute approximate surface area is 145 Å². The van der Waals surface area contributed by atoms with Crippen molar-refractivity contribution in [2.45, 2.75) is 38.9 Å². The summed E-state index contributed by atoms with van der Waals surface area (Å²) in [7, 11) is -0.377. The predicted octanol–water partition coefficient (Wildman–Crippen LogP) is 3.05. The molecule has 4 rings (SSSR count). The molecule has 24 heavy (non-hydrogen) atoms. The van der Waals surface area contributed by atoms with Crippen LogP contribution in [-0.2, 0) is 9.31 Å². The SMILES string of the molecule is CC1(C)OB(c2ccc3sc(-c4ncccn4)nc3c2)OC1(C)C. The summed E-state index contributed by atoms with van der Waals surface area (Å²) < 4.78 is 13.3. The van der Waals surface area contributed by atoms with E-state index in [-0.39, 0.29) is 18.3 Å². The summed E-state index contributed by atoms with van der Waals surface area (Å²) in [6.45, 7) is 8.22. The first kappa shape index (κ1) is 15.7. The van der Waals surface area contributed by atoms with Crippen LogP contribution in [0.3, 0.4) is 0 Å². The van der Waals surface area contributed by atoms with Crippen molar-refractivity contribution in [3.63, 3.8) is 0 Å². The lowest BCUT2D eigenvalue weighted by molar-refractivity contribution is 0.00578. The first-order chi connectivity index (χ1) is 11.4.